The molecule has 0 radical (unpaired) electrons. The van der Waals surface area contributed by atoms with Crippen LogP contribution in [-0.4, -0.2) is 65.1 Å². The van der Waals surface area contributed by atoms with E-state index in [4.69, 9.17) is 0 Å². The highest BCUT2D eigenvalue weighted by Crippen LogP contribution is 2.21. The van der Waals surface area contributed by atoms with Gasteiger partial charge in [0, 0.05) is 44.2 Å². The molecule has 0 atom stereocenters. The van der Waals surface area contributed by atoms with E-state index in [-0.39, 0.29) is 0 Å². The van der Waals surface area contributed by atoms with Crippen molar-refractivity contribution in [3.63, 3.8) is 0 Å². The van der Waals surface area contributed by atoms with Gasteiger partial charge in [0.05, 0.1) is 5.69 Å². The number of aromatic nitrogens is 2. The minimum absolute atomic E-state index is 0.411. The highest BCUT2D eigenvalue weighted by molar-refractivity contribution is 5.47. The summed E-state index contributed by atoms with van der Waals surface area (Å²) in [5.41, 5.74) is 2.57. The van der Waals surface area contributed by atoms with Gasteiger partial charge < -0.3 is 15.1 Å². The quantitative estimate of drug-likeness (QED) is 0.898. The molecular weight excluding hydrogens is 274 g/mol. The van der Waals surface area contributed by atoms with Crippen LogP contribution >= 0.6 is 0 Å². The molecule has 2 aliphatic rings. The van der Waals surface area contributed by atoms with Gasteiger partial charge in [-0.05, 0) is 46.2 Å². The lowest BCUT2D eigenvalue weighted by Crippen LogP contribution is -2.35. The largest absolute Gasteiger partial charge is 0.368 e. The molecular formula is C17H29N5. The van der Waals surface area contributed by atoms with E-state index >= 15 is 0 Å². The van der Waals surface area contributed by atoms with Gasteiger partial charge in [-0.2, -0.15) is 0 Å². The first kappa shape index (κ1) is 15.7. The molecule has 0 amide bonds. The predicted molar refractivity (Wildman–Crippen MR) is 90.3 cm³/mol. The number of nitrogens with zero attached hydrogens (tertiary/aromatic N) is 4. The molecule has 0 saturated carbocycles. The molecule has 0 aliphatic carbocycles. The van der Waals surface area contributed by atoms with E-state index in [2.05, 4.69) is 38.9 Å². The summed E-state index contributed by atoms with van der Waals surface area (Å²) in [5, 5.41) is 3.47. The molecule has 1 fully saturated rings. The van der Waals surface area contributed by atoms with Crippen molar-refractivity contribution in [3.05, 3.63) is 17.6 Å². The Balaban J connectivity index is 1.59. The number of hydrogen-bond acceptors (Lipinski definition) is 5. The number of fused-ring (bicyclic) bond motifs is 1. The number of anilines is 1. The average molecular weight is 303 g/mol. The maximum absolute atomic E-state index is 4.53. The third-order valence-electron chi connectivity index (χ3n) is 4.73. The highest BCUT2D eigenvalue weighted by Gasteiger charge is 2.20. The molecule has 2 aliphatic heterocycles. The summed E-state index contributed by atoms with van der Waals surface area (Å²) in [6.45, 7) is 11.6. The van der Waals surface area contributed by atoms with Crippen LogP contribution in [0.4, 0.5) is 5.82 Å². The second-order valence-corrected chi connectivity index (χ2v) is 6.84. The minimum Gasteiger partial charge on any atom is -0.368 e. The normalized spacial score (nSPS) is 20.1. The second-order valence-electron chi connectivity index (χ2n) is 6.84. The number of hydrogen-bond donors (Lipinski definition) is 1. The van der Waals surface area contributed by atoms with Crippen LogP contribution in [0.15, 0.2) is 6.33 Å². The van der Waals surface area contributed by atoms with Crippen molar-refractivity contribution in [2.75, 3.05) is 44.6 Å². The van der Waals surface area contributed by atoms with Crippen molar-refractivity contribution in [2.24, 2.45) is 0 Å². The molecule has 0 unspecified atom stereocenters. The number of rotatable bonds is 5. The first-order valence-corrected chi connectivity index (χ1v) is 8.76. The van der Waals surface area contributed by atoms with Gasteiger partial charge in [-0.25, -0.2) is 9.97 Å². The molecule has 1 aromatic heterocycles. The van der Waals surface area contributed by atoms with Crippen LogP contribution in [0, 0.1) is 0 Å². The fourth-order valence-corrected chi connectivity index (χ4v) is 3.48. The van der Waals surface area contributed by atoms with E-state index in [9.17, 15) is 0 Å². The Hall–Kier alpha value is -1.20. The Morgan fingerprint density at radius 3 is 2.41 bits per heavy atom. The Morgan fingerprint density at radius 2 is 1.68 bits per heavy atom. The van der Waals surface area contributed by atoms with Crippen LogP contribution in [0.3, 0.4) is 0 Å². The molecule has 0 bridgehead atoms. The molecule has 0 spiro atoms. The predicted octanol–water partition coefficient (Wildman–Crippen LogP) is 1.79. The molecule has 1 aromatic rings. The van der Waals surface area contributed by atoms with Gasteiger partial charge in [0.1, 0.15) is 12.1 Å². The first-order chi connectivity index (χ1) is 10.7. The van der Waals surface area contributed by atoms with Crippen LogP contribution in [0.1, 0.15) is 37.9 Å². The minimum atomic E-state index is 0.411. The van der Waals surface area contributed by atoms with E-state index in [0.717, 1.165) is 31.7 Å². The standard InChI is InChI=1S/C17H29N5/c1-14(2)20-17-15-5-9-22(10-6-16(15)18-13-19-17)12-11-21-7-3-4-8-21/h13-14H,3-12H2,1-2H3,(H,18,19,20). The lowest BCUT2D eigenvalue weighted by Gasteiger charge is -2.23. The van der Waals surface area contributed by atoms with Gasteiger partial charge in [0.15, 0.2) is 0 Å². The van der Waals surface area contributed by atoms with Gasteiger partial charge in [0.2, 0.25) is 0 Å². The average Bonchev–Trinajstić information content (AvgIpc) is 2.92. The third-order valence-corrected chi connectivity index (χ3v) is 4.73. The van der Waals surface area contributed by atoms with Gasteiger partial charge in [-0.3, -0.25) is 0 Å². The SMILES string of the molecule is CC(C)Nc1ncnc2c1CCN(CCN1CCCC1)CC2. The molecule has 5 nitrogen and oxygen atoms in total. The van der Waals surface area contributed by atoms with Crippen molar-refractivity contribution < 1.29 is 0 Å². The Labute approximate surface area is 134 Å². The maximum atomic E-state index is 4.53. The monoisotopic (exact) mass is 303 g/mol. The zero-order valence-corrected chi connectivity index (χ0v) is 14.0. The molecule has 0 aromatic carbocycles. The molecule has 1 saturated heterocycles. The van der Waals surface area contributed by atoms with E-state index in [1.807, 2.05) is 0 Å². The Morgan fingerprint density at radius 1 is 1.00 bits per heavy atom. The fourth-order valence-electron chi connectivity index (χ4n) is 3.48. The summed E-state index contributed by atoms with van der Waals surface area (Å²) < 4.78 is 0. The topological polar surface area (TPSA) is 44.3 Å². The van der Waals surface area contributed by atoms with Crippen molar-refractivity contribution >= 4 is 5.82 Å². The Bertz CT molecular complexity index is 482. The summed E-state index contributed by atoms with van der Waals surface area (Å²) in [4.78, 5) is 14.2. The zero-order valence-electron chi connectivity index (χ0n) is 14.0. The van der Waals surface area contributed by atoms with Gasteiger partial charge in [-0.1, -0.05) is 0 Å². The fraction of sp³-hybridized carbons (Fsp3) is 0.765. The molecule has 5 heteroatoms. The van der Waals surface area contributed by atoms with Crippen LogP contribution in [0.25, 0.3) is 0 Å². The molecule has 122 valence electrons. The lowest BCUT2D eigenvalue weighted by atomic mass is 10.1. The van der Waals surface area contributed by atoms with Crippen molar-refractivity contribution in [3.8, 4) is 0 Å². The summed E-state index contributed by atoms with van der Waals surface area (Å²) in [6, 6.07) is 0.411. The van der Waals surface area contributed by atoms with Crippen molar-refractivity contribution in [1.29, 1.82) is 0 Å². The zero-order chi connectivity index (χ0) is 15.4. The first-order valence-electron chi connectivity index (χ1n) is 8.76. The smallest absolute Gasteiger partial charge is 0.133 e. The van der Waals surface area contributed by atoms with Crippen molar-refractivity contribution in [1.82, 2.24) is 19.8 Å². The molecule has 3 rings (SSSR count). The number of nitrogens with one attached hydrogen (secondary N) is 1. The summed E-state index contributed by atoms with van der Waals surface area (Å²) >= 11 is 0. The van der Waals surface area contributed by atoms with E-state index in [0.29, 0.717) is 6.04 Å². The van der Waals surface area contributed by atoms with Crippen molar-refractivity contribution in [2.45, 2.75) is 45.6 Å². The van der Waals surface area contributed by atoms with Gasteiger partial charge in [0.25, 0.3) is 0 Å². The van der Waals surface area contributed by atoms with E-state index in [1.165, 1.54) is 50.3 Å². The van der Waals surface area contributed by atoms with E-state index in [1.54, 1.807) is 6.33 Å². The summed E-state index contributed by atoms with van der Waals surface area (Å²) in [7, 11) is 0. The third kappa shape index (κ3) is 3.96. The van der Waals surface area contributed by atoms with Crippen LogP contribution in [-0.2, 0) is 12.8 Å². The lowest BCUT2D eigenvalue weighted by molar-refractivity contribution is 0.232. The molecule has 1 N–H and O–H groups in total. The van der Waals surface area contributed by atoms with E-state index < -0.39 is 0 Å². The number of likely N-dealkylation sites (tertiary alicyclic amines) is 1. The van der Waals surface area contributed by atoms with Gasteiger partial charge in [-0.15, -0.1) is 0 Å². The highest BCUT2D eigenvalue weighted by atomic mass is 15.2. The second kappa shape index (κ2) is 7.38. The maximum Gasteiger partial charge on any atom is 0.133 e. The molecule has 3 heterocycles. The summed E-state index contributed by atoms with van der Waals surface area (Å²) in [5.74, 6) is 1.04. The molecule has 22 heavy (non-hydrogen) atoms. The van der Waals surface area contributed by atoms with Crippen LogP contribution in [0.2, 0.25) is 0 Å². The van der Waals surface area contributed by atoms with Crippen LogP contribution in [0.5, 0.6) is 0 Å². The Kier molecular flexibility index (Phi) is 5.26. The van der Waals surface area contributed by atoms with Crippen LogP contribution < -0.4 is 5.32 Å². The summed E-state index contributed by atoms with van der Waals surface area (Å²) in [6.07, 6.45) is 6.58. The van der Waals surface area contributed by atoms with Gasteiger partial charge >= 0.3 is 0 Å².